The number of nitrogens with one attached hydrogen (secondary N) is 1. The molecule has 0 amide bonds. The molecule has 0 heterocycles. The average Bonchev–Trinajstić information content (AvgIpc) is 2.20. The van der Waals surface area contributed by atoms with Crippen LogP contribution >= 0.6 is 15.9 Å². The third-order valence-electron chi connectivity index (χ3n) is 2.33. The standard InChI is InChI=1S/C13H17BrFNO2/c1-13(2,3)16-11(12(17)18)7-8-4-5-9(14)10(15)6-8/h4-6,11,16H,7H2,1-3H3,(H,17,18)/t11-/m0/s1. The molecule has 0 unspecified atom stereocenters. The lowest BCUT2D eigenvalue weighted by atomic mass is 10.0. The molecule has 0 bridgehead atoms. The molecule has 2 N–H and O–H groups in total. The second-order valence-corrected chi connectivity index (χ2v) is 6.09. The minimum Gasteiger partial charge on any atom is -0.480 e. The molecule has 0 aliphatic rings. The van der Waals surface area contributed by atoms with Gasteiger partial charge in [0.25, 0.3) is 0 Å². The van der Waals surface area contributed by atoms with Gasteiger partial charge in [-0.25, -0.2) is 4.39 Å². The molecule has 0 spiro atoms. The van der Waals surface area contributed by atoms with Crippen molar-refractivity contribution in [2.75, 3.05) is 0 Å². The molecule has 0 aromatic heterocycles. The van der Waals surface area contributed by atoms with Crippen LogP contribution in [-0.2, 0) is 11.2 Å². The molecule has 3 nitrogen and oxygen atoms in total. The van der Waals surface area contributed by atoms with E-state index in [2.05, 4.69) is 21.2 Å². The fourth-order valence-electron chi connectivity index (χ4n) is 1.63. The Morgan fingerprint density at radius 2 is 2.11 bits per heavy atom. The van der Waals surface area contributed by atoms with Gasteiger partial charge in [0.1, 0.15) is 11.9 Å². The van der Waals surface area contributed by atoms with Gasteiger partial charge in [-0.05, 0) is 60.8 Å². The van der Waals surface area contributed by atoms with Crippen LogP contribution < -0.4 is 5.32 Å². The number of hydrogen-bond acceptors (Lipinski definition) is 2. The van der Waals surface area contributed by atoms with Crippen molar-refractivity contribution in [3.8, 4) is 0 Å². The molecule has 1 aromatic carbocycles. The predicted octanol–water partition coefficient (Wildman–Crippen LogP) is 2.97. The smallest absolute Gasteiger partial charge is 0.321 e. The Hall–Kier alpha value is -0.940. The maximum absolute atomic E-state index is 13.4. The van der Waals surface area contributed by atoms with E-state index in [-0.39, 0.29) is 17.8 Å². The highest BCUT2D eigenvalue weighted by Gasteiger charge is 2.23. The summed E-state index contributed by atoms with van der Waals surface area (Å²) in [7, 11) is 0. The minimum absolute atomic E-state index is 0.247. The molecular weight excluding hydrogens is 301 g/mol. The first-order valence-electron chi connectivity index (χ1n) is 5.63. The molecule has 0 fully saturated rings. The molecule has 1 aromatic rings. The molecule has 0 saturated heterocycles. The van der Waals surface area contributed by atoms with Crippen molar-refractivity contribution < 1.29 is 14.3 Å². The molecule has 0 radical (unpaired) electrons. The Kier molecular flexibility index (Phi) is 4.87. The third kappa shape index (κ3) is 4.74. The van der Waals surface area contributed by atoms with Crippen LogP contribution in [-0.4, -0.2) is 22.7 Å². The van der Waals surface area contributed by atoms with Gasteiger partial charge < -0.3 is 5.11 Å². The monoisotopic (exact) mass is 317 g/mol. The van der Waals surface area contributed by atoms with Crippen LogP contribution in [0.25, 0.3) is 0 Å². The van der Waals surface area contributed by atoms with E-state index in [0.717, 1.165) is 0 Å². The van der Waals surface area contributed by atoms with Crippen LogP contribution in [0.1, 0.15) is 26.3 Å². The summed E-state index contributed by atoms with van der Waals surface area (Å²) in [6.45, 7) is 5.68. The minimum atomic E-state index is -0.937. The van der Waals surface area contributed by atoms with E-state index in [1.54, 1.807) is 12.1 Å². The highest BCUT2D eigenvalue weighted by atomic mass is 79.9. The fourth-order valence-corrected chi connectivity index (χ4v) is 1.87. The Morgan fingerprint density at radius 3 is 2.56 bits per heavy atom. The number of carboxylic acid groups (broad SMARTS) is 1. The molecule has 18 heavy (non-hydrogen) atoms. The predicted molar refractivity (Wildman–Crippen MR) is 72.1 cm³/mol. The zero-order valence-electron chi connectivity index (χ0n) is 10.6. The Bertz CT molecular complexity index is 443. The van der Waals surface area contributed by atoms with Gasteiger partial charge in [-0.2, -0.15) is 0 Å². The van der Waals surface area contributed by atoms with Crippen molar-refractivity contribution in [2.45, 2.75) is 38.8 Å². The normalized spacial score (nSPS) is 13.4. The first-order valence-corrected chi connectivity index (χ1v) is 6.43. The summed E-state index contributed by atoms with van der Waals surface area (Å²) in [6.07, 6.45) is 0.247. The van der Waals surface area contributed by atoms with Gasteiger partial charge in [-0.1, -0.05) is 6.07 Å². The largest absolute Gasteiger partial charge is 0.480 e. The first-order chi connectivity index (χ1) is 8.19. The lowest BCUT2D eigenvalue weighted by Crippen LogP contribution is -2.48. The topological polar surface area (TPSA) is 49.3 Å². The van der Waals surface area contributed by atoms with Crippen molar-refractivity contribution in [3.05, 3.63) is 34.1 Å². The number of benzene rings is 1. The summed E-state index contributed by atoms with van der Waals surface area (Å²) in [4.78, 5) is 11.2. The van der Waals surface area contributed by atoms with Crippen molar-refractivity contribution in [1.82, 2.24) is 5.32 Å². The second kappa shape index (κ2) is 5.80. The van der Waals surface area contributed by atoms with E-state index in [4.69, 9.17) is 5.11 Å². The number of carboxylic acids is 1. The first kappa shape index (κ1) is 15.1. The SMILES string of the molecule is CC(C)(C)N[C@@H](Cc1ccc(Br)c(F)c1)C(=O)O. The maximum atomic E-state index is 13.4. The van der Waals surface area contributed by atoms with Gasteiger partial charge in [0.15, 0.2) is 0 Å². The van der Waals surface area contributed by atoms with E-state index < -0.39 is 12.0 Å². The number of carbonyl (C=O) groups is 1. The highest BCUT2D eigenvalue weighted by molar-refractivity contribution is 9.10. The second-order valence-electron chi connectivity index (χ2n) is 5.24. The van der Waals surface area contributed by atoms with E-state index >= 15 is 0 Å². The van der Waals surface area contributed by atoms with Crippen molar-refractivity contribution in [3.63, 3.8) is 0 Å². The summed E-state index contributed by atoms with van der Waals surface area (Å²) in [5.41, 5.74) is 0.344. The summed E-state index contributed by atoms with van der Waals surface area (Å²) in [5, 5.41) is 12.2. The van der Waals surface area contributed by atoms with Crippen LogP contribution in [0.3, 0.4) is 0 Å². The van der Waals surface area contributed by atoms with E-state index in [1.165, 1.54) is 6.07 Å². The third-order valence-corrected chi connectivity index (χ3v) is 2.97. The van der Waals surface area contributed by atoms with Crippen LogP contribution in [0.2, 0.25) is 0 Å². The van der Waals surface area contributed by atoms with E-state index in [1.807, 2.05) is 20.8 Å². The van der Waals surface area contributed by atoms with Crippen molar-refractivity contribution in [1.29, 1.82) is 0 Å². The molecular formula is C13H17BrFNO2. The lowest BCUT2D eigenvalue weighted by molar-refractivity contribution is -0.140. The summed E-state index contributed by atoms with van der Waals surface area (Å²) in [5.74, 6) is -1.32. The van der Waals surface area contributed by atoms with Gasteiger partial charge >= 0.3 is 5.97 Å². The fraction of sp³-hybridized carbons (Fsp3) is 0.462. The summed E-state index contributed by atoms with van der Waals surface area (Å²) in [6, 6.07) is 3.92. The molecule has 0 saturated carbocycles. The summed E-state index contributed by atoms with van der Waals surface area (Å²) < 4.78 is 13.7. The Morgan fingerprint density at radius 1 is 1.50 bits per heavy atom. The molecule has 1 rings (SSSR count). The summed E-state index contributed by atoms with van der Waals surface area (Å²) >= 11 is 3.07. The van der Waals surface area contributed by atoms with Crippen LogP contribution in [0, 0.1) is 5.82 Å². The molecule has 0 aliphatic carbocycles. The van der Waals surface area contributed by atoms with Gasteiger partial charge in [-0.15, -0.1) is 0 Å². The Labute approximate surface area is 115 Å². The quantitative estimate of drug-likeness (QED) is 0.897. The van der Waals surface area contributed by atoms with Crippen LogP contribution in [0.4, 0.5) is 4.39 Å². The van der Waals surface area contributed by atoms with Crippen molar-refractivity contribution >= 4 is 21.9 Å². The number of rotatable bonds is 4. The molecule has 0 aliphatic heterocycles. The van der Waals surface area contributed by atoms with Crippen LogP contribution in [0.5, 0.6) is 0 Å². The zero-order valence-corrected chi connectivity index (χ0v) is 12.2. The number of hydrogen-bond donors (Lipinski definition) is 2. The highest BCUT2D eigenvalue weighted by Crippen LogP contribution is 2.17. The van der Waals surface area contributed by atoms with Gasteiger partial charge in [0.05, 0.1) is 4.47 Å². The van der Waals surface area contributed by atoms with E-state index in [0.29, 0.717) is 10.0 Å². The van der Waals surface area contributed by atoms with Crippen molar-refractivity contribution in [2.24, 2.45) is 0 Å². The van der Waals surface area contributed by atoms with Gasteiger partial charge in [0, 0.05) is 5.54 Å². The number of aliphatic carboxylic acids is 1. The maximum Gasteiger partial charge on any atom is 0.321 e. The van der Waals surface area contributed by atoms with Gasteiger partial charge in [-0.3, -0.25) is 10.1 Å². The Balaban J connectivity index is 2.83. The average molecular weight is 318 g/mol. The lowest BCUT2D eigenvalue weighted by Gasteiger charge is -2.26. The molecule has 1 atom stereocenters. The van der Waals surface area contributed by atoms with E-state index in [9.17, 15) is 9.18 Å². The zero-order chi connectivity index (χ0) is 13.9. The molecule has 5 heteroatoms. The van der Waals surface area contributed by atoms with Gasteiger partial charge in [0.2, 0.25) is 0 Å². The number of halogens is 2. The van der Waals surface area contributed by atoms with Crippen LogP contribution in [0.15, 0.2) is 22.7 Å². The molecule has 100 valence electrons.